The van der Waals surface area contributed by atoms with Gasteiger partial charge in [-0.2, -0.15) is 5.10 Å². The van der Waals surface area contributed by atoms with Gasteiger partial charge in [0.15, 0.2) is 5.75 Å². The smallest absolute Gasteiger partial charge is 0.161 e. The fourth-order valence-corrected chi connectivity index (χ4v) is 1.71. The molecule has 1 heterocycles. The van der Waals surface area contributed by atoms with Crippen LogP contribution in [0.25, 0.3) is 0 Å². The lowest BCUT2D eigenvalue weighted by Gasteiger charge is -2.18. The van der Waals surface area contributed by atoms with Crippen LogP contribution in [0, 0.1) is 0 Å². The van der Waals surface area contributed by atoms with Crippen LogP contribution >= 0.6 is 0 Å². The first-order valence-corrected chi connectivity index (χ1v) is 6.06. The summed E-state index contributed by atoms with van der Waals surface area (Å²) in [6.45, 7) is 7.42. The highest BCUT2D eigenvalue weighted by Gasteiger charge is 2.20. The Morgan fingerprint density at radius 1 is 1.47 bits per heavy atom. The fraction of sp³-hybridized carbons (Fsp3) is 0.750. The summed E-state index contributed by atoms with van der Waals surface area (Å²) in [5, 5.41) is 4.29. The zero-order chi connectivity index (χ0) is 12.8. The van der Waals surface area contributed by atoms with Gasteiger partial charge in [-0.15, -0.1) is 0 Å². The predicted octanol–water partition coefficient (Wildman–Crippen LogP) is 1.90. The van der Waals surface area contributed by atoms with E-state index in [1.165, 1.54) is 0 Å². The Balaban J connectivity index is 2.81. The first kappa shape index (κ1) is 14.0. The minimum atomic E-state index is -0.207. The summed E-state index contributed by atoms with van der Waals surface area (Å²) >= 11 is 0. The molecule has 0 bridgehead atoms. The van der Waals surface area contributed by atoms with Gasteiger partial charge in [-0.05, 0) is 20.3 Å². The number of nitrogens with zero attached hydrogens (tertiary/aromatic N) is 2. The summed E-state index contributed by atoms with van der Waals surface area (Å²) in [4.78, 5) is 0. The van der Waals surface area contributed by atoms with Crippen molar-refractivity contribution in [2.24, 2.45) is 5.73 Å². The Bertz CT molecular complexity index is 336. The standard InChI is InChI=1S/C12H23N3O2/c1-5-6-17-8-10(13)12-11(16-4)7-14-15(12)9(2)3/h7,9-10H,5-6,8,13H2,1-4H3. The maximum Gasteiger partial charge on any atom is 0.161 e. The van der Waals surface area contributed by atoms with Crippen molar-refractivity contribution in [1.29, 1.82) is 0 Å². The van der Waals surface area contributed by atoms with E-state index in [9.17, 15) is 0 Å². The number of nitrogens with two attached hydrogens (primary N) is 1. The maximum atomic E-state index is 6.13. The second-order valence-corrected chi connectivity index (χ2v) is 4.32. The third-order valence-electron chi connectivity index (χ3n) is 2.50. The average Bonchev–Trinajstić information content (AvgIpc) is 2.72. The topological polar surface area (TPSA) is 62.3 Å². The molecule has 0 aliphatic heterocycles. The summed E-state index contributed by atoms with van der Waals surface area (Å²) in [7, 11) is 1.63. The van der Waals surface area contributed by atoms with Crippen LogP contribution in [0.15, 0.2) is 6.20 Å². The molecule has 5 heteroatoms. The Kier molecular flexibility index (Phi) is 5.44. The normalized spacial score (nSPS) is 13.1. The van der Waals surface area contributed by atoms with Crippen molar-refractivity contribution in [1.82, 2.24) is 9.78 Å². The Hall–Kier alpha value is -1.07. The number of hydrogen-bond acceptors (Lipinski definition) is 4. The molecule has 1 rings (SSSR count). The van der Waals surface area contributed by atoms with Crippen molar-refractivity contribution in [2.45, 2.75) is 39.3 Å². The highest BCUT2D eigenvalue weighted by atomic mass is 16.5. The molecule has 0 aliphatic rings. The summed E-state index contributed by atoms with van der Waals surface area (Å²) in [5.41, 5.74) is 7.03. The molecule has 1 atom stereocenters. The molecule has 5 nitrogen and oxygen atoms in total. The summed E-state index contributed by atoms with van der Waals surface area (Å²) < 4.78 is 12.7. The lowest BCUT2D eigenvalue weighted by molar-refractivity contribution is 0.118. The monoisotopic (exact) mass is 241 g/mol. The molecule has 1 aromatic rings. The van der Waals surface area contributed by atoms with Crippen LogP contribution < -0.4 is 10.5 Å². The van der Waals surface area contributed by atoms with E-state index in [2.05, 4.69) is 25.9 Å². The second-order valence-electron chi connectivity index (χ2n) is 4.32. The van der Waals surface area contributed by atoms with E-state index in [0.717, 1.165) is 24.5 Å². The van der Waals surface area contributed by atoms with Gasteiger partial charge in [0.1, 0.15) is 0 Å². The van der Waals surface area contributed by atoms with E-state index in [0.29, 0.717) is 6.61 Å². The summed E-state index contributed by atoms with van der Waals surface area (Å²) in [6.07, 6.45) is 2.70. The van der Waals surface area contributed by atoms with E-state index in [1.807, 2.05) is 4.68 Å². The van der Waals surface area contributed by atoms with Gasteiger partial charge in [0.25, 0.3) is 0 Å². The molecule has 0 fully saturated rings. The van der Waals surface area contributed by atoms with E-state index in [-0.39, 0.29) is 12.1 Å². The van der Waals surface area contributed by atoms with Gasteiger partial charge in [-0.25, -0.2) is 0 Å². The van der Waals surface area contributed by atoms with Crippen molar-refractivity contribution in [2.75, 3.05) is 20.3 Å². The SMILES string of the molecule is CCCOCC(N)c1c(OC)cnn1C(C)C. The van der Waals surface area contributed by atoms with Crippen LogP contribution in [0.1, 0.15) is 45.0 Å². The zero-order valence-corrected chi connectivity index (χ0v) is 11.1. The van der Waals surface area contributed by atoms with Crippen LogP contribution in [-0.2, 0) is 4.74 Å². The molecule has 17 heavy (non-hydrogen) atoms. The molecule has 0 aliphatic carbocycles. The first-order chi connectivity index (χ1) is 8.11. The molecule has 0 radical (unpaired) electrons. The van der Waals surface area contributed by atoms with Crippen LogP contribution in [0.5, 0.6) is 5.75 Å². The number of aromatic nitrogens is 2. The lowest BCUT2D eigenvalue weighted by Crippen LogP contribution is -2.23. The number of rotatable bonds is 7. The zero-order valence-electron chi connectivity index (χ0n) is 11.1. The number of methoxy groups -OCH3 is 1. The van der Waals surface area contributed by atoms with Gasteiger partial charge in [-0.3, -0.25) is 4.68 Å². The van der Waals surface area contributed by atoms with Gasteiger partial charge >= 0.3 is 0 Å². The van der Waals surface area contributed by atoms with Gasteiger partial charge in [0, 0.05) is 12.6 Å². The predicted molar refractivity (Wildman–Crippen MR) is 67.2 cm³/mol. The third-order valence-corrected chi connectivity index (χ3v) is 2.50. The molecule has 1 aromatic heterocycles. The number of ether oxygens (including phenoxy) is 2. The molecule has 0 saturated carbocycles. The second kappa shape index (κ2) is 6.61. The fourth-order valence-electron chi connectivity index (χ4n) is 1.71. The summed E-state index contributed by atoms with van der Waals surface area (Å²) in [5.74, 6) is 0.728. The summed E-state index contributed by atoms with van der Waals surface area (Å²) in [6, 6.07) is 0.0486. The average molecular weight is 241 g/mol. The van der Waals surface area contributed by atoms with Crippen LogP contribution in [0.4, 0.5) is 0 Å². The molecular formula is C12H23N3O2. The highest BCUT2D eigenvalue weighted by Crippen LogP contribution is 2.26. The van der Waals surface area contributed by atoms with E-state index in [4.69, 9.17) is 15.2 Å². The molecular weight excluding hydrogens is 218 g/mol. The van der Waals surface area contributed by atoms with E-state index >= 15 is 0 Å². The van der Waals surface area contributed by atoms with E-state index < -0.39 is 0 Å². The quantitative estimate of drug-likeness (QED) is 0.741. The molecule has 0 saturated heterocycles. The molecule has 0 spiro atoms. The Morgan fingerprint density at radius 3 is 2.71 bits per heavy atom. The first-order valence-electron chi connectivity index (χ1n) is 6.06. The maximum absolute atomic E-state index is 6.13. The van der Waals surface area contributed by atoms with Crippen molar-refractivity contribution in [3.63, 3.8) is 0 Å². The molecule has 0 amide bonds. The van der Waals surface area contributed by atoms with Crippen LogP contribution in [0.2, 0.25) is 0 Å². The van der Waals surface area contributed by atoms with Gasteiger partial charge in [0.05, 0.1) is 31.6 Å². The largest absolute Gasteiger partial charge is 0.493 e. The molecule has 2 N–H and O–H groups in total. The molecule has 1 unspecified atom stereocenters. The van der Waals surface area contributed by atoms with Gasteiger partial charge in [-0.1, -0.05) is 6.92 Å². The van der Waals surface area contributed by atoms with Crippen molar-refractivity contribution in [3.05, 3.63) is 11.9 Å². The van der Waals surface area contributed by atoms with E-state index in [1.54, 1.807) is 13.3 Å². The highest BCUT2D eigenvalue weighted by molar-refractivity contribution is 5.28. The van der Waals surface area contributed by atoms with Crippen LogP contribution in [-0.4, -0.2) is 30.1 Å². The van der Waals surface area contributed by atoms with Crippen molar-refractivity contribution in [3.8, 4) is 5.75 Å². The molecule has 0 aromatic carbocycles. The number of hydrogen-bond donors (Lipinski definition) is 1. The third kappa shape index (κ3) is 3.44. The minimum absolute atomic E-state index is 0.207. The van der Waals surface area contributed by atoms with Gasteiger partial charge in [0.2, 0.25) is 0 Å². The minimum Gasteiger partial charge on any atom is -0.493 e. The van der Waals surface area contributed by atoms with Crippen molar-refractivity contribution < 1.29 is 9.47 Å². The van der Waals surface area contributed by atoms with Crippen molar-refractivity contribution >= 4 is 0 Å². The van der Waals surface area contributed by atoms with Gasteiger partial charge < -0.3 is 15.2 Å². The Morgan fingerprint density at radius 2 is 2.18 bits per heavy atom. The lowest BCUT2D eigenvalue weighted by atomic mass is 10.2. The van der Waals surface area contributed by atoms with Crippen LogP contribution in [0.3, 0.4) is 0 Å². The molecule has 98 valence electrons. The Labute approximate surface area is 103 Å².